The maximum Gasteiger partial charge on any atom is 0.312 e. The summed E-state index contributed by atoms with van der Waals surface area (Å²) in [6, 6.07) is -1.51. The van der Waals surface area contributed by atoms with Gasteiger partial charge in [0.2, 0.25) is 11.8 Å². The average Bonchev–Trinajstić information content (AvgIpc) is 3.59. The molecular weight excluding hydrogens is 514 g/mol. The van der Waals surface area contributed by atoms with Crippen molar-refractivity contribution in [2.24, 2.45) is 17.8 Å². The molecule has 4 fully saturated rings. The van der Waals surface area contributed by atoms with Crippen molar-refractivity contribution in [1.29, 1.82) is 0 Å². The van der Waals surface area contributed by atoms with E-state index < -0.39 is 41.6 Å². The lowest BCUT2D eigenvalue weighted by Gasteiger charge is -2.40. The van der Waals surface area contributed by atoms with Crippen LogP contribution in [0.15, 0.2) is 25.3 Å². The van der Waals surface area contributed by atoms with E-state index >= 15 is 0 Å². The topological polar surface area (TPSA) is 109 Å². The van der Waals surface area contributed by atoms with E-state index in [1.54, 1.807) is 15.9 Å². The number of unbranched alkanes of at least 4 members (excludes halogenated alkanes) is 2. The Morgan fingerprint density at radius 2 is 1.98 bits per heavy atom. The third kappa shape index (κ3) is 5.86. The van der Waals surface area contributed by atoms with Crippen molar-refractivity contribution in [3.8, 4) is 0 Å². The summed E-state index contributed by atoms with van der Waals surface area (Å²) in [6.45, 7) is 15.8. The van der Waals surface area contributed by atoms with E-state index in [2.05, 4.69) is 18.1 Å². The molecule has 4 heterocycles. The number of ether oxygens (including phenoxy) is 3. The number of hydrogen-bond donors (Lipinski definition) is 1. The van der Waals surface area contributed by atoms with Crippen LogP contribution in [0.3, 0.4) is 0 Å². The summed E-state index contributed by atoms with van der Waals surface area (Å²) >= 11 is 0. The quantitative estimate of drug-likeness (QED) is 0.183. The predicted molar refractivity (Wildman–Crippen MR) is 149 cm³/mol. The molecule has 4 saturated heterocycles. The lowest BCUT2D eigenvalue weighted by molar-refractivity contribution is -0.157. The van der Waals surface area contributed by atoms with Crippen molar-refractivity contribution >= 4 is 17.8 Å². The Kier molecular flexibility index (Phi) is 10.4. The molecule has 1 spiro atoms. The predicted octanol–water partition coefficient (Wildman–Crippen LogP) is 1.62. The molecule has 6 atom stereocenters. The molecule has 1 N–H and O–H groups in total. The van der Waals surface area contributed by atoms with Gasteiger partial charge in [0.1, 0.15) is 11.6 Å². The molecule has 0 saturated carbocycles. The summed E-state index contributed by atoms with van der Waals surface area (Å²) in [7, 11) is 0. The van der Waals surface area contributed by atoms with E-state index in [1.165, 1.54) is 0 Å². The van der Waals surface area contributed by atoms with Gasteiger partial charge in [0.25, 0.3) is 0 Å². The maximum absolute atomic E-state index is 14.4. The molecule has 2 bridgehead atoms. The van der Waals surface area contributed by atoms with Crippen LogP contribution in [0.2, 0.25) is 0 Å². The minimum Gasteiger partial charge on any atom is -0.465 e. The van der Waals surface area contributed by atoms with E-state index in [0.717, 1.165) is 25.9 Å². The SMILES string of the molecule is C=CCCCCOC(=O)[C@@H]1[C@H]2C(=O)N([C@@H](CO)C(C)C)C(C(=O)N(CC=C)CCN3CCOCC3)C23CC[C@H]1O3. The van der Waals surface area contributed by atoms with Gasteiger partial charge < -0.3 is 29.1 Å². The second kappa shape index (κ2) is 13.6. The van der Waals surface area contributed by atoms with Crippen molar-refractivity contribution in [2.45, 2.75) is 69.7 Å². The number of esters is 1. The molecule has 224 valence electrons. The molecule has 0 aromatic rings. The van der Waals surface area contributed by atoms with Crippen LogP contribution in [0.4, 0.5) is 0 Å². The van der Waals surface area contributed by atoms with Crippen LogP contribution in [0.25, 0.3) is 0 Å². The van der Waals surface area contributed by atoms with E-state index in [0.29, 0.717) is 52.1 Å². The number of aliphatic hydroxyl groups is 1. The summed E-state index contributed by atoms with van der Waals surface area (Å²) in [5.41, 5.74) is -1.12. The highest BCUT2D eigenvalue weighted by atomic mass is 16.6. The molecular formula is C30H47N3O7. The number of aliphatic hydroxyl groups excluding tert-OH is 1. The van der Waals surface area contributed by atoms with Crippen LogP contribution >= 0.6 is 0 Å². The Balaban J connectivity index is 1.61. The van der Waals surface area contributed by atoms with Crippen molar-refractivity contribution < 1.29 is 33.7 Å². The molecule has 0 radical (unpaired) electrons. The summed E-state index contributed by atoms with van der Waals surface area (Å²) in [6.07, 6.45) is 6.59. The van der Waals surface area contributed by atoms with Crippen LogP contribution in [-0.2, 0) is 28.6 Å². The van der Waals surface area contributed by atoms with E-state index in [1.807, 2.05) is 19.9 Å². The van der Waals surface area contributed by atoms with Crippen LogP contribution in [0.5, 0.6) is 0 Å². The fraction of sp³-hybridized carbons (Fsp3) is 0.767. The van der Waals surface area contributed by atoms with Crippen LogP contribution in [0.1, 0.15) is 46.0 Å². The number of nitrogens with zero attached hydrogens (tertiary/aromatic N) is 3. The lowest BCUT2D eigenvalue weighted by Crippen LogP contribution is -2.60. The monoisotopic (exact) mass is 561 g/mol. The zero-order valence-electron chi connectivity index (χ0n) is 24.2. The number of allylic oxidation sites excluding steroid dienone is 1. The van der Waals surface area contributed by atoms with Crippen molar-refractivity contribution in [3.05, 3.63) is 25.3 Å². The van der Waals surface area contributed by atoms with Crippen LogP contribution in [0, 0.1) is 17.8 Å². The number of fused-ring (bicyclic) bond motifs is 1. The van der Waals surface area contributed by atoms with Gasteiger partial charge in [-0.15, -0.1) is 13.2 Å². The number of carbonyl (C=O) groups excluding carboxylic acids is 3. The van der Waals surface area contributed by atoms with Crippen LogP contribution in [-0.4, -0.2) is 121 Å². The Morgan fingerprint density at radius 3 is 2.62 bits per heavy atom. The minimum atomic E-state index is -1.12. The van der Waals surface area contributed by atoms with Crippen molar-refractivity contribution in [3.63, 3.8) is 0 Å². The first-order chi connectivity index (χ1) is 19.3. The fourth-order valence-corrected chi connectivity index (χ4v) is 6.98. The zero-order valence-corrected chi connectivity index (χ0v) is 24.2. The van der Waals surface area contributed by atoms with Crippen molar-refractivity contribution in [2.75, 3.05) is 59.2 Å². The van der Waals surface area contributed by atoms with Gasteiger partial charge >= 0.3 is 5.97 Å². The number of rotatable bonds is 15. The summed E-state index contributed by atoms with van der Waals surface area (Å²) < 4.78 is 17.6. The third-order valence-electron chi connectivity index (χ3n) is 9.06. The van der Waals surface area contributed by atoms with E-state index in [-0.39, 0.29) is 30.9 Å². The Morgan fingerprint density at radius 1 is 1.23 bits per heavy atom. The van der Waals surface area contributed by atoms with Gasteiger partial charge in [-0.25, -0.2) is 0 Å². The molecule has 10 nitrogen and oxygen atoms in total. The molecule has 4 aliphatic rings. The van der Waals surface area contributed by atoms with Gasteiger partial charge in [0, 0.05) is 32.7 Å². The highest BCUT2D eigenvalue weighted by Gasteiger charge is 2.75. The number of hydrogen-bond acceptors (Lipinski definition) is 8. The molecule has 10 heteroatoms. The van der Waals surface area contributed by atoms with Gasteiger partial charge in [-0.1, -0.05) is 26.0 Å². The Hall–Kier alpha value is -2.27. The molecule has 2 amide bonds. The minimum absolute atomic E-state index is 0.104. The summed E-state index contributed by atoms with van der Waals surface area (Å²) in [5.74, 6) is -2.62. The largest absolute Gasteiger partial charge is 0.465 e. The maximum atomic E-state index is 14.4. The number of likely N-dealkylation sites (tertiary alicyclic amines) is 1. The first kappa shape index (κ1) is 30.7. The highest BCUT2D eigenvalue weighted by Crippen LogP contribution is 2.59. The molecule has 0 aliphatic carbocycles. The average molecular weight is 562 g/mol. The standard InChI is InChI=1S/C30H47N3O7/c1-5-7-8-9-17-39-29(37)24-23-10-11-30(40-23)25(24)27(35)33(22(20-34)21(3)4)26(30)28(36)32(12-6-2)14-13-31-15-18-38-19-16-31/h5-6,21-26,34H,1-2,7-20H2,3-4H3/t22-,23+,24-,25-,26?,30?/m0/s1. The Bertz CT molecular complexity index is 936. The molecule has 4 rings (SSSR count). The summed E-state index contributed by atoms with van der Waals surface area (Å²) in [5, 5.41) is 10.4. The zero-order chi connectivity index (χ0) is 28.9. The van der Waals surface area contributed by atoms with Crippen LogP contribution < -0.4 is 0 Å². The number of amides is 2. The molecule has 4 aliphatic heterocycles. The third-order valence-corrected chi connectivity index (χ3v) is 9.06. The number of morpholine rings is 1. The van der Waals surface area contributed by atoms with Gasteiger partial charge in [-0.3, -0.25) is 19.3 Å². The number of carbonyl (C=O) groups is 3. The first-order valence-corrected chi connectivity index (χ1v) is 14.9. The van der Waals surface area contributed by atoms with Gasteiger partial charge in [0.15, 0.2) is 0 Å². The van der Waals surface area contributed by atoms with E-state index in [9.17, 15) is 19.5 Å². The first-order valence-electron chi connectivity index (χ1n) is 14.9. The second-order valence-electron chi connectivity index (χ2n) is 11.8. The highest BCUT2D eigenvalue weighted by molar-refractivity contribution is 5.98. The fourth-order valence-electron chi connectivity index (χ4n) is 6.98. The molecule has 40 heavy (non-hydrogen) atoms. The second-order valence-corrected chi connectivity index (χ2v) is 11.8. The van der Waals surface area contributed by atoms with E-state index in [4.69, 9.17) is 14.2 Å². The van der Waals surface area contributed by atoms with Gasteiger partial charge in [-0.2, -0.15) is 0 Å². The Labute approximate surface area is 238 Å². The molecule has 0 aromatic heterocycles. The smallest absolute Gasteiger partial charge is 0.312 e. The molecule has 2 unspecified atom stereocenters. The van der Waals surface area contributed by atoms with Crippen molar-refractivity contribution in [1.82, 2.24) is 14.7 Å². The molecule has 0 aromatic carbocycles. The summed E-state index contributed by atoms with van der Waals surface area (Å²) in [4.78, 5) is 47.5. The van der Waals surface area contributed by atoms with Gasteiger partial charge in [-0.05, 0) is 38.0 Å². The van der Waals surface area contributed by atoms with Gasteiger partial charge in [0.05, 0.1) is 50.4 Å². The lowest BCUT2D eigenvalue weighted by atomic mass is 9.70. The normalized spacial score (nSPS) is 30.4.